The third-order valence-electron chi connectivity index (χ3n) is 7.30. The van der Waals surface area contributed by atoms with Gasteiger partial charge >= 0.3 is 17.8 Å². The highest BCUT2D eigenvalue weighted by atomic mass is 19.4. The molecule has 1 aliphatic carbocycles. The maximum Gasteiger partial charge on any atom is 0.433 e. The van der Waals surface area contributed by atoms with Crippen molar-refractivity contribution in [3.8, 4) is 11.1 Å². The van der Waals surface area contributed by atoms with Crippen LogP contribution in [-0.2, 0) is 25.7 Å². The van der Waals surface area contributed by atoms with Gasteiger partial charge < -0.3 is 5.11 Å². The normalized spacial score (nSPS) is 14.7. The zero-order chi connectivity index (χ0) is 26.6. The minimum Gasteiger partial charge on any atom is -0.478 e. The van der Waals surface area contributed by atoms with E-state index in [0.717, 1.165) is 43.1 Å². The van der Waals surface area contributed by atoms with Crippen LogP contribution in [0.25, 0.3) is 11.1 Å². The van der Waals surface area contributed by atoms with Gasteiger partial charge in [0.05, 0.1) is 17.8 Å². The van der Waals surface area contributed by atoms with Gasteiger partial charge in [0.15, 0.2) is 0 Å². The maximum absolute atomic E-state index is 14.3. The van der Waals surface area contributed by atoms with Gasteiger partial charge in [0.2, 0.25) is 0 Å². The number of benzene rings is 2. The fourth-order valence-corrected chi connectivity index (χ4v) is 5.41. The molecule has 5 nitrogen and oxygen atoms in total. The quantitative estimate of drug-likeness (QED) is 0.334. The summed E-state index contributed by atoms with van der Waals surface area (Å²) in [6, 6.07) is 13.6. The number of carbonyl (C=O) groups is 1. The van der Waals surface area contributed by atoms with E-state index in [9.17, 15) is 27.9 Å². The molecular weight excluding hydrogens is 481 g/mol. The van der Waals surface area contributed by atoms with E-state index in [1.807, 2.05) is 6.92 Å². The number of aromatic nitrogens is 2. The Kier molecular flexibility index (Phi) is 8.25. The van der Waals surface area contributed by atoms with Gasteiger partial charge in [0, 0.05) is 6.54 Å². The number of nitrogens with zero attached hydrogens (tertiary/aromatic N) is 2. The lowest BCUT2D eigenvalue weighted by atomic mass is 9.89. The number of carboxylic acids is 1. The first-order chi connectivity index (χ1) is 17.7. The summed E-state index contributed by atoms with van der Waals surface area (Å²) in [5.41, 5.74) is 0.734. The van der Waals surface area contributed by atoms with Crippen molar-refractivity contribution in [1.29, 1.82) is 0 Å². The van der Waals surface area contributed by atoms with Crippen molar-refractivity contribution in [3.05, 3.63) is 81.5 Å². The van der Waals surface area contributed by atoms with Crippen LogP contribution >= 0.6 is 0 Å². The van der Waals surface area contributed by atoms with Gasteiger partial charge in [-0.3, -0.25) is 9.13 Å². The molecule has 3 aromatic rings. The molecule has 2 aromatic carbocycles. The molecule has 1 heterocycles. The van der Waals surface area contributed by atoms with Crippen molar-refractivity contribution in [2.75, 3.05) is 0 Å². The molecule has 4 rings (SSSR count). The number of rotatable bonds is 9. The van der Waals surface area contributed by atoms with E-state index in [2.05, 4.69) is 0 Å². The summed E-state index contributed by atoms with van der Waals surface area (Å²) in [6.45, 7) is 2.05. The van der Waals surface area contributed by atoms with Crippen LogP contribution in [0, 0.1) is 5.92 Å². The summed E-state index contributed by atoms with van der Waals surface area (Å²) >= 11 is 0. The predicted molar refractivity (Wildman–Crippen MR) is 137 cm³/mol. The maximum atomic E-state index is 14.3. The van der Waals surface area contributed by atoms with E-state index in [1.165, 1.54) is 10.6 Å². The molecule has 0 radical (unpaired) electrons. The van der Waals surface area contributed by atoms with Crippen molar-refractivity contribution in [2.24, 2.45) is 5.92 Å². The predicted octanol–water partition coefficient (Wildman–Crippen LogP) is 7.01. The SMILES string of the molecule is CCCCc1c(C(F)(F)F)n(CC2CCCCC2)c(=O)n1Cc1ccc(-c2ccccc2C(=O)O)cc1. The molecule has 8 heteroatoms. The van der Waals surface area contributed by atoms with Crippen LogP contribution in [0.5, 0.6) is 0 Å². The van der Waals surface area contributed by atoms with E-state index >= 15 is 0 Å². The minimum atomic E-state index is -4.62. The van der Waals surface area contributed by atoms with Crippen LogP contribution in [0.2, 0.25) is 0 Å². The van der Waals surface area contributed by atoms with Crippen molar-refractivity contribution in [1.82, 2.24) is 9.13 Å². The van der Waals surface area contributed by atoms with Crippen molar-refractivity contribution in [2.45, 2.75) is 77.6 Å². The zero-order valence-electron chi connectivity index (χ0n) is 21.1. The smallest absolute Gasteiger partial charge is 0.433 e. The van der Waals surface area contributed by atoms with Crippen LogP contribution in [0.4, 0.5) is 13.2 Å². The van der Waals surface area contributed by atoms with E-state index in [0.29, 0.717) is 23.1 Å². The first-order valence-corrected chi connectivity index (χ1v) is 13.0. The van der Waals surface area contributed by atoms with Gasteiger partial charge in [0.1, 0.15) is 5.69 Å². The van der Waals surface area contributed by atoms with Gasteiger partial charge in [-0.05, 0) is 54.4 Å². The van der Waals surface area contributed by atoms with Crippen LogP contribution in [-0.4, -0.2) is 20.2 Å². The largest absolute Gasteiger partial charge is 0.478 e. The van der Waals surface area contributed by atoms with E-state index in [4.69, 9.17) is 0 Å². The number of imidazole rings is 1. The highest BCUT2D eigenvalue weighted by Crippen LogP contribution is 2.35. The number of carboxylic acid groups (broad SMARTS) is 1. The Bertz CT molecular complexity index is 1280. The molecule has 37 heavy (non-hydrogen) atoms. The zero-order valence-corrected chi connectivity index (χ0v) is 21.1. The number of alkyl halides is 3. The summed E-state index contributed by atoms with van der Waals surface area (Å²) < 4.78 is 45.3. The number of hydrogen-bond acceptors (Lipinski definition) is 2. The molecule has 0 atom stereocenters. The molecule has 1 fully saturated rings. The Labute approximate surface area is 214 Å². The molecule has 0 unspecified atom stereocenters. The Morgan fingerprint density at radius 3 is 2.30 bits per heavy atom. The highest BCUT2D eigenvalue weighted by Gasteiger charge is 2.40. The van der Waals surface area contributed by atoms with E-state index in [-0.39, 0.29) is 36.7 Å². The molecule has 0 saturated heterocycles. The lowest BCUT2D eigenvalue weighted by Gasteiger charge is -2.23. The Balaban J connectivity index is 1.71. The monoisotopic (exact) mass is 514 g/mol. The number of aromatic carboxylic acids is 1. The van der Waals surface area contributed by atoms with Crippen molar-refractivity contribution in [3.63, 3.8) is 0 Å². The lowest BCUT2D eigenvalue weighted by Crippen LogP contribution is -2.30. The number of unbranched alkanes of at least 4 members (excludes halogenated alkanes) is 1. The molecule has 0 amide bonds. The van der Waals surface area contributed by atoms with Gasteiger partial charge in [-0.25, -0.2) is 9.59 Å². The molecule has 1 aromatic heterocycles. The van der Waals surface area contributed by atoms with Crippen molar-refractivity contribution < 1.29 is 23.1 Å². The summed E-state index contributed by atoms with van der Waals surface area (Å²) in [6.07, 6.45) is 1.60. The number of hydrogen-bond donors (Lipinski definition) is 1. The van der Waals surface area contributed by atoms with E-state index in [1.54, 1.807) is 42.5 Å². The average Bonchev–Trinajstić information content (AvgIpc) is 3.14. The summed E-state index contributed by atoms with van der Waals surface area (Å²) in [5.74, 6) is -0.957. The fraction of sp³-hybridized carbons (Fsp3) is 0.448. The minimum absolute atomic E-state index is 0.0273. The van der Waals surface area contributed by atoms with Gasteiger partial charge in [0.25, 0.3) is 0 Å². The Hall–Kier alpha value is -3.29. The second kappa shape index (κ2) is 11.4. The fourth-order valence-electron chi connectivity index (χ4n) is 5.41. The van der Waals surface area contributed by atoms with Gasteiger partial charge in [-0.15, -0.1) is 0 Å². The molecule has 1 saturated carbocycles. The Morgan fingerprint density at radius 1 is 1.00 bits per heavy atom. The van der Waals surface area contributed by atoms with Crippen LogP contribution in [0.1, 0.15) is 79.2 Å². The first kappa shape index (κ1) is 26.8. The van der Waals surface area contributed by atoms with Crippen molar-refractivity contribution >= 4 is 5.97 Å². The van der Waals surface area contributed by atoms with Crippen LogP contribution < -0.4 is 5.69 Å². The third-order valence-corrected chi connectivity index (χ3v) is 7.30. The molecular formula is C29H33F3N2O3. The lowest BCUT2D eigenvalue weighted by molar-refractivity contribution is -0.144. The molecule has 198 valence electrons. The third kappa shape index (κ3) is 6.00. The topological polar surface area (TPSA) is 64.2 Å². The van der Waals surface area contributed by atoms with Gasteiger partial charge in [-0.1, -0.05) is 75.1 Å². The molecule has 0 spiro atoms. The first-order valence-electron chi connectivity index (χ1n) is 13.0. The second-order valence-electron chi connectivity index (χ2n) is 9.93. The van der Waals surface area contributed by atoms with Crippen LogP contribution in [0.15, 0.2) is 53.3 Å². The summed E-state index contributed by atoms with van der Waals surface area (Å²) in [7, 11) is 0. The molecule has 1 N–H and O–H groups in total. The molecule has 1 aliphatic rings. The summed E-state index contributed by atoms with van der Waals surface area (Å²) in [4.78, 5) is 25.1. The molecule has 0 aliphatic heterocycles. The average molecular weight is 515 g/mol. The molecule has 0 bridgehead atoms. The van der Waals surface area contributed by atoms with Gasteiger partial charge in [-0.2, -0.15) is 13.2 Å². The highest BCUT2D eigenvalue weighted by molar-refractivity contribution is 5.95. The van der Waals surface area contributed by atoms with E-state index < -0.39 is 23.5 Å². The van der Waals surface area contributed by atoms with Crippen LogP contribution in [0.3, 0.4) is 0 Å². The Morgan fingerprint density at radius 2 is 1.68 bits per heavy atom. The summed E-state index contributed by atoms with van der Waals surface area (Å²) in [5, 5.41) is 9.49. The second-order valence-corrected chi connectivity index (χ2v) is 9.93. The number of halogens is 3. The standard InChI is InChI=1S/C29H33F3N2O3/c1-2-3-13-25-26(29(30,31)32)34(19-20-9-5-4-6-10-20)28(37)33(25)18-21-14-16-22(17-15-21)23-11-7-8-12-24(23)27(35)36/h7-8,11-12,14-17,20H,2-6,9-10,13,18-19H2,1H3,(H,35,36).